The van der Waals surface area contributed by atoms with Gasteiger partial charge in [0, 0.05) is 40.7 Å². The van der Waals surface area contributed by atoms with E-state index in [0.717, 1.165) is 29.7 Å². The number of halogens is 1. The van der Waals surface area contributed by atoms with E-state index in [4.69, 9.17) is 0 Å². The first-order valence-corrected chi connectivity index (χ1v) is 8.81. The molecule has 3 aromatic rings. The van der Waals surface area contributed by atoms with Crippen LogP contribution in [-0.2, 0) is 5.41 Å². The molecule has 1 aliphatic carbocycles. The molecule has 26 heavy (non-hydrogen) atoms. The Morgan fingerprint density at radius 1 is 1.12 bits per heavy atom. The molecule has 0 atom stereocenters. The first-order valence-electron chi connectivity index (χ1n) is 8.81. The Hall–Kier alpha value is -2.95. The van der Waals surface area contributed by atoms with Gasteiger partial charge in [0.15, 0.2) is 5.82 Å². The molecular weight excluding hydrogens is 329 g/mol. The molecule has 1 amide bonds. The topological polar surface area (TPSA) is 57.8 Å². The lowest BCUT2D eigenvalue weighted by Gasteiger charge is -2.21. The van der Waals surface area contributed by atoms with Gasteiger partial charge < -0.3 is 10.3 Å². The largest absolute Gasteiger partial charge is 0.357 e. The Labute approximate surface area is 150 Å². The lowest BCUT2D eigenvalue weighted by molar-refractivity contribution is 0.0937. The molecule has 2 N–H and O–H groups in total. The Morgan fingerprint density at radius 3 is 2.62 bits per heavy atom. The van der Waals surface area contributed by atoms with E-state index >= 15 is 4.39 Å². The van der Waals surface area contributed by atoms with Crippen LogP contribution < -0.4 is 5.32 Å². The van der Waals surface area contributed by atoms with Gasteiger partial charge in [-0.15, -0.1) is 0 Å². The lowest BCUT2D eigenvalue weighted by Crippen LogP contribution is -2.38. The summed E-state index contributed by atoms with van der Waals surface area (Å²) < 4.78 is 15.2. The van der Waals surface area contributed by atoms with Crippen molar-refractivity contribution in [2.75, 3.05) is 6.54 Å². The third-order valence-electron chi connectivity index (χ3n) is 5.54. The summed E-state index contributed by atoms with van der Waals surface area (Å²) >= 11 is 0. The van der Waals surface area contributed by atoms with Crippen molar-refractivity contribution in [3.63, 3.8) is 0 Å². The maximum atomic E-state index is 15.2. The normalized spacial score (nSPS) is 17.1. The average Bonchev–Trinajstić information content (AvgIpc) is 3.28. The molecule has 1 saturated carbocycles. The fourth-order valence-corrected chi connectivity index (χ4v) is 3.77. The van der Waals surface area contributed by atoms with Crippen LogP contribution in [-0.4, -0.2) is 22.4 Å². The van der Waals surface area contributed by atoms with Crippen LogP contribution in [0.5, 0.6) is 0 Å². The van der Waals surface area contributed by atoms with Crippen molar-refractivity contribution in [1.82, 2.24) is 15.3 Å². The number of carbonyl (C=O) groups excluding carboxylic acids is 1. The minimum atomic E-state index is -0.375. The molecule has 4 nitrogen and oxygen atoms in total. The predicted octanol–water partition coefficient (Wildman–Crippen LogP) is 3.97. The van der Waals surface area contributed by atoms with Gasteiger partial charge in [0.1, 0.15) is 5.69 Å². The van der Waals surface area contributed by atoms with Gasteiger partial charge in [-0.25, -0.2) is 4.39 Å². The predicted molar refractivity (Wildman–Crippen MR) is 97.4 cm³/mol. The van der Waals surface area contributed by atoms with Crippen molar-refractivity contribution in [2.45, 2.75) is 25.2 Å². The standard InChI is InChI=1S/C21H18FN3O/c1-12-2-4-13(5-3-12)18-17(22)14(6-9-23-18)16-10-15-19(25-16)21(7-8-21)11-24-20(15)26/h2-6,9-10,25H,7-8,11H2,1H3,(H,24,26). The van der Waals surface area contributed by atoms with Gasteiger partial charge in [0.05, 0.1) is 5.56 Å². The van der Waals surface area contributed by atoms with Crippen molar-refractivity contribution in [3.05, 3.63) is 65.2 Å². The number of nitrogens with zero attached hydrogens (tertiary/aromatic N) is 1. The van der Waals surface area contributed by atoms with Crippen molar-refractivity contribution in [3.8, 4) is 22.5 Å². The number of hydrogen-bond donors (Lipinski definition) is 2. The third-order valence-corrected chi connectivity index (χ3v) is 5.54. The highest BCUT2D eigenvalue weighted by Crippen LogP contribution is 2.50. The second-order valence-corrected chi connectivity index (χ2v) is 7.32. The number of fused-ring (bicyclic) bond motifs is 2. The SMILES string of the molecule is Cc1ccc(-c2nccc(-c3cc4c([nH]3)C3(CC3)CNC4=O)c2F)cc1. The monoisotopic (exact) mass is 347 g/mol. The maximum absolute atomic E-state index is 15.2. The van der Waals surface area contributed by atoms with Crippen molar-refractivity contribution in [1.29, 1.82) is 0 Å². The van der Waals surface area contributed by atoms with Crippen molar-refractivity contribution in [2.24, 2.45) is 0 Å². The maximum Gasteiger partial charge on any atom is 0.253 e. The quantitative estimate of drug-likeness (QED) is 0.737. The van der Waals surface area contributed by atoms with Crippen LogP contribution in [0.25, 0.3) is 22.5 Å². The van der Waals surface area contributed by atoms with E-state index in [1.54, 1.807) is 18.3 Å². The van der Waals surface area contributed by atoms with Crippen LogP contribution >= 0.6 is 0 Å². The first-order chi connectivity index (χ1) is 12.6. The Bertz CT molecular complexity index is 1030. The highest BCUT2D eigenvalue weighted by Gasteiger charge is 2.50. The summed E-state index contributed by atoms with van der Waals surface area (Å²) in [6.45, 7) is 2.65. The molecule has 130 valence electrons. The number of benzene rings is 1. The minimum absolute atomic E-state index is 0.0186. The van der Waals surface area contributed by atoms with Crippen LogP contribution in [0, 0.1) is 12.7 Å². The van der Waals surface area contributed by atoms with Crippen LogP contribution in [0.2, 0.25) is 0 Å². The summed E-state index contributed by atoms with van der Waals surface area (Å²) in [4.78, 5) is 19.8. The summed E-state index contributed by atoms with van der Waals surface area (Å²) in [6, 6.07) is 11.0. The Balaban J connectivity index is 1.63. The van der Waals surface area contributed by atoms with Gasteiger partial charge in [0.25, 0.3) is 5.91 Å². The first kappa shape index (κ1) is 15.3. The number of nitrogens with one attached hydrogen (secondary N) is 2. The van der Waals surface area contributed by atoms with Crippen LogP contribution in [0.1, 0.15) is 34.5 Å². The number of hydrogen-bond acceptors (Lipinski definition) is 2. The number of amides is 1. The van der Waals surface area contributed by atoms with Crippen LogP contribution in [0.3, 0.4) is 0 Å². The second-order valence-electron chi connectivity index (χ2n) is 7.32. The lowest BCUT2D eigenvalue weighted by atomic mass is 9.95. The van der Waals surface area contributed by atoms with E-state index in [9.17, 15) is 4.79 Å². The molecule has 1 spiro atoms. The fourth-order valence-electron chi connectivity index (χ4n) is 3.77. The van der Waals surface area contributed by atoms with Gasteiger partial charge in [-0.3, -0.25) is 9.78 Å². The van der Waals surface area contributed by atoms with Crippen LogP contribution in [0.4, 0.5) is 4.39 Å². The van der Waals surface area contributed by atoms with Crippen LogP contribution in [0.15, 0.2) is 42.6 Å². The van der Waals surface area contributed by atoms with E-state index in [1.165, 1.54) is 0 Å². The van der Waals surface area contributed by atoms with Gasteiger partial charge >= 0.3 is 0 Å². The van der Waals surface area contributed by atoms with E-state index in [0.29, 0.717) is 29.1 Å². The molecule has 0 radical (unpaired) electrons. The molecule has 5 heteroatoms. The van der Waals surface area contributed by atoms with E-state index < -0.39 is 0 Å². The second kappa shape index (κ2) is 5.27. The van der Waals surface area contributed by atoms with E-state index in [1.807, 2.05) is 31.2 Å². The number of aryl methyl sites for hydroxylation is 1. The van der Waals surface area contributed by atoms with Gasteiger partial charge in [-0.1, -0.05) is 29.8 Å². The van der Waals surface area contributed by atoms with Crippen molar-refractivity contribution >= 4 is 5.91 Å². The third kappa shape index (κ3) is 2.20. The van der Waals surface area contributed by atoms with E-state index in [-0.39, 0.29) is 17.1 Å². The zero-order valence-corrected chi connectivity index (χ0v) is 14.4. The van der Waals surface area contributed by atoms with E-state index in [2.05, 4.69) is 15.3 Å². The fraction of sp³-hybridized carbons (Fsp3) is 0.238. The molecule has 1 aliphatic heterocycles. The summed E-state index contributed by atoms with van der Waals surface area (Å²) in [5.74, 6) is -0.464. The summed E-state index contributed by atoms with van der Waals surface area (Å²) in [5.41, 5.74) is 4.85. The molecule has 2 aromatic heterocycles. The molecule has 0 bridgehead atoms. The molecule has 0 saturated heterocycles. The number of pyridine rings is 1. The highest BCUT2D eigenvalue weighted by atomic mass is 19.1. The van der Waals surface area contributed by atoms with Crippen molar-refractivity contribution < 1.29 is 9.18 Å². The smallest absolute Gasteiger partial charge is 0.253 e. The Morgan fingerprint density at radius 2 is 1.88 bits per heavy atom. The zero-order chi connectivity index (χ0) is 17.9. The Kier molecular flexibility index (Phi) is 3.11. The average molecular weight is 347 g/mol. The summed E-state index contributed by atoms with van der Waals surface area (Å²) in [5, 5.41) is 2.95. The summed E-state index contributed by atoms with van der Waals surface area (Å²) in [7, 11) is 0. The number of carbonyl (C=O) groups is 1. The number of aromatic nitrogens is 2. The molecule has 1 aromatic carbocycles. The molecule has 2 aliphatic rings. The number of aromatic amines is 1. The summed E-state index contributed by atoms with van der Waals surface area (Å²) in [6.07, 6.45) is 3.71. The molecule has 0 unspecified atom stereocenters. The van der Waals surface area contributed by atoms with Gasteiger partial charge in [-0.05, 0) is 31.9 Å². The highest BCUT2D eigenvalue weighted by molar-refractivity contribution is 5.99. The number of rotatable bonds is 2. The zero-order valence-electron chi connectivity index (χ0n) is 14.4. The van der Waals surface area contributed by atoms with Gasteiger partial charge in [-0.2, -0.15) is 0 Å². The number of H-pyrrole nitrogens is 1. The molecule has 1 fully saturated rings. The minimum Gasteiger partial charge on any atom is -0.357 e. The van der Waals surface area contributed by atoms with Gasteiger partial charge in [0.2, 0.25) is 0 Å². The molecule has 5 rings (SSSR count). The molecule has 3 heterocycles. The molecular formula is C21H18FN3O.